The van der Waals surface area contributed by atoms with Crippen LogP contribution < -0.4 is 15.8 Å². The van der Waals surface area contributed by atoms with E-state index in [1.807, 2.05) is 61.6 Å². The molecule has 142 valence electrons. The summed E-state index contributed by atoms with van der Waals surface area (Å²) in [5.74, 6) is -0.827. The molecule has 0 bridgehead atoms. The van der Waals surface area contributed by atoms with Crippen molar-refractivity contribution in [1.29, 1.82) is 0 Å². The van der Waals surface area contributed by atoms with Crippen molar-refractivity contribution < 1.29 is 9.59 Å². The van der Waals surface area contributed by atoms with Gasteiger partial charge in [0.15, 0.2) is 0 Å². The first-order valence-corrected chi connectivity index (χ1v) is 8.69. The lowest BCUT2D eigenvalue weighted by Crippen LogP contribution is -2.40. The highest BCUT2D eigenvalue weighted by Gasteiger charge is 2.07. The van der Waals surface area contributed by atoms with Crippen LogP contribution in [0.25, 0.3) is 11.8 Å². The van der Waals surface area contributed by atoms with E-state index in [2.05, 4.69) is 16.0 Å². The number of rotatable bonds is 5. The first-order valence-electron chi connectivity index (χ1n) is 8.69. The number of benzene rings is 2. The van der Waals surface area contributed by atoms with Crippen LogP contribution in [0.5, 0.6) is 0 Å². The fraction of sp³-hybridized carbons (Fsp3) is 0.0952. The maximum absolute atomic E-state index is 12.2. The number of carbonyl (C=O) groups excluding carboxylic acids is 2. The van der Waals surface area contributed by atoms with Crippen molar-refractivity contribution in [2.45, 2.75) is 0 Å². The van der Waals surface area contributed by atoms with Gasteiger partial charge in [-0.15, -0.1) is 0 Å². The van der Waals surface area contributed by atoms with Gasteiger partial charge in [0.05, 0.1) is 11.9 Å². The summed E-state index contributed by atoms with van der Waals surface area (Å²) in [7, 11) is 3.78. The van der Waals surface area contributed by atoms with Gasteiger partial charge in [-0.05, 0) is 36.4 Å². The van der Waals surface area contributed by atoms with E-state index in [0.717, 1.165) is 16.9 Å². The topological polar surface area (TPSA) is 79.3 Å². The highest BCUT2D eigenvalue weighted by molar-refractivity contribution is 5.98. The number of hydrogen-bond acceptors (Lipinski definition) is 4. The number of nitrogens with zero attached hydrogens (tertiary/aromatic N) is 3. The van der Waals surface area contributed by atoms with Crippen LogP contribution in [0.1, 0.15) is 15.9 Å². The van der Waals surface area contributed by atoms with E-state index in [-0.39, 0.29) is 5.91 Å². The molecule has 28 heavy (non-hydrogen) atoms. The van der Waals surface area contributed by atoms with Gasteiger partial charge in [0.1, 0.15) is 0 Å². The summed E-state index contributed by atoms with van der Waals surface area (Å²) < 4.78 is 1.72. The lowest BCUT2D eigenvalue weighted by molar-refractivity contribution is -0.117. The molecule has 0 fully saturated rings. The van der Waals surface area contributed by atoms with Crippen LogP contribution in [0.3, 0.4) is 0 Å². The lowest BCUT2D eigenvalue weighted by atomic mass is 10.2. The van der Waals surface area contributed by atoms with E-state index in [4.69, 9.17) is 0 Å². The second-order valence-corrected chi connectivity index (χ2v) is 6.28. The Morgan fingerprint density at radius 2 is 1.82 bits per heavy atom. The summed E-state index contributed by atoms with van der Waals surface area (Å²) in [6.45, 7) is 0. The molecule has 1 aromatic heterocycles. The minimum atomic E-state index is -0.440. The van der Waals surface area contributed by atoms with Gasteiger partial charge in [-0.1, -0.05) is 24.3 Å². The van der Waals surface area contributed by atoms with Gasteiger partial charge >= 0.3 is 0 Å². The molecule has 0 unspecified atom stereocenters. The molecule has 0 spiro atoms. The molecule has 0 saturated carbocycles. The van der Waals surface area contributed by atoms with E-state index >= 15 is 0 Å². The molecular formula is C21H21N5O2. The molecule has 2 amide bonds. The number of carbonyl (C=O) groups is 2. The van der Waals surface area contributed by atoms with Crippen LogP contribution >= 0.6 is 0 Å². The van der Waals surface area contributed by atoms with E-state index in [0.29, 0.717) is 5.56 Å². The molecule has 0 saturated heterocycles. The zero-order valence-corrected chi connectivity index (χ0v) is 15.7. The molecular weight excluding hydrogens is 354 g/mol. The maximum Gasteiger partial charge on any atom is 0.269 e. The van der Waals surface area contributed by atoms with E-state index in [1.54, 1.807) is 35.2 Å². The van der Waals surface area contributed by atoms with Crippen LogP contribution in [0.15, 0.2) is 73.1 Å². The van der Waals surface area contributed by atoms with Gasteiger partial charge in [0.25, 0.3) is 11.8 Å². The molecule has 3 rings (SSSR count). The van der Waals surface area contributed by atoms with Crippen LogP contribution in [0, 0.1) is 0 Å². The molecule has 0 atom stereocenters. The molecule has 3 aromatic rings. The summed E-state index contributed by atoms with van der Waals surface area (Å²) in [4.78, 5) is 26.0. The van der Waals surface area contributed by atoms with E-state index in [9.17, 15) is 9.59 Å². The molecule has 7 nitrogen and oxygen atoms in total. The highest BCUT2D eigenvalue weighted by Crippen LogP contribution is 2.13. The number of anilines is 1. The molecule has 0 aliphatic carbocycles. The maximum atomic E-state index is 12.2. The van der Waals surface area contributed by atoms with Gasteiger partial charge in [0.2, 0.25) is 0 Å². The molecule has 1 heterocycles. The third-order valence-electron chi connectivity index (χ3n) is 3.97. The van der Waals surface area contributed by atoms with Crippen LogP contribution in [-0.2, 0) is 4.79 Å². The van der Waals surface area contributed by atoms with Crippen molar-refractivity contribution in [3.8, 4) is 5.69 Å². The Morgan fingerprint density at radius 1 is 1.04 bits per heavy atom. The average molecular weight is 375 g/mol. The predicted molar refractivity (Wildman–Crippen MR) is 109 cm³/mol. The fourth-order valence-electron chi connectivity index (χ4n) is 2.47. The summed E-state index contributed by atoms with van der Waals surface area (Å²) >= 11 is 0. The monoisotopic (exact) mass is 375 g/mol. The molecule has 0 radical (unpaired) electrons. The standard InChI is InChI=1S/C21H21N5O2/c1-25(2)19-10-6-7-17(13-19)21(28)24-23-20(27)12-11-16-14-22-26(15-16)18-8-4-3-5-9-18/h3-15H,1-2H3,(H,23,27)(H,24,28)/b12-11+. The Balaban J connectivity index is 1.55. The van der Waals surface area contributed by atoms with Crippen LogP contribution in [0.4, 0.5) is 5.69 Å². The SMILES string of the molecule is CN(C)c1cccc(C(=O)NNC(=O)/C=C/c2cnn(-c3ccccc3)c2)c1. The van der Waals surface area contributed by atoms with E-state index < -0.39 is 5.91 Å². The van der Waals surface area contributed by atoms with Gasteiger partial charge < -0.3 is 4.90 Å². The first kappa shape index (κ1) is 18.9. The molecule has 2 aromatic carbocycles. The normalized spacial score (nSPS) is 10.6. The third-order valence-corrected chi connectivity index (χ3v) is 3.97. The Morgan fingerprint density at radius 3 is 2.57 bits per heavy atom. The Hall–Kier alpha value is -3.87. The number of aromatic nitrogens is 2. The van der Waals surface area contributed by atoms with E-state index in [1.165, 1.54) is 6.08 Å². The first-order chi connectivity index (χ1) is 13.5. The smallest absolute Gasteiger partial charge is 0.269 e. The summed E-state index contributed by atoms with van der Waals surface area (Å²) in [5, 5.41) is 4.26. The average Bonchev–Trinajstić information content (AvgIpc) is 3.20. The van der Waals surface area contributed by atoms with Crippen molar-refractivity contribution in [2.75, 3.05) is 19.0 Å². The summed E-state index contributed by atoms with van der Waals surface area (Å²) in [6.07, 6.45) is 6.43. The highest BCUT2D eigenvalue weighted by atomic mass is 16.2. The van der Waals surface area contributed by atoms with Crippen molar-refractivity contribution in [1.82, 2.24) is 20.6 Å². The zero-order valence-electron chi connectivity index (χ0n) is 15.7. The summed E-state index contributed by atoms with van der Waals surface area (Å²) in [6, 6.07) is 16.8. The van der Waals surface area contributed by atoms with Gasteiger partial charge in [-0.25, -0.2) is 4.68 Å². The van der Waals surface area contributed by atoms with Crippen LogP contribution in [-0.4, -0.2) is 35.7 Å². The Labute approximate surface area is 163 Å². The quantitative estimate of drug-likeness (QED) is 0.530. The second-order valence-electron chi connectivity index (χ2n) is 6.28. The summed E-state index contributed by atoms with van der Waals surface area (Å²) in [5.41, 5.74) is 7.83. The lowest BCUT2D eigenvalue weighted by Gasteiger charge is -2.13. The Bertz CT molecular complexity index is 993. The third kappa shape index (κ3) is 4.85. The largest absolute Gasteiger partial charge is 0.378 e. The zero-order chi connectivity index (χ0) is 19.9. The number of amides is 2. The van der Waals surface area contributed by atoms with Crippen molar-refractivity contribution in [3.05, 3.63) is 84.2 Å². The molecule has 2 N–H and O–H groups in total. The molecule has 7 heteroatoms. The molecule has 0 aliphatic heterocycles. The molecule has 0 aliphatic rings. The van der Waals surface area contributed by atoms with Crippen LogP contribution in [0.2, 0.25) is 0 Å². The van der Waals surface area contributed by atoms with Crippen molar-refractivity contribution in [3.63, 3.8) is 0 Å². The van der Waals surface area contributed by atoms with Crippen molar-refractivity contribution in [2.24, 2.45) is 0 Å². The number of nitrogens with one attached hydrogen (secondary N) is 2. The number of hydrogen-bond donors (Lipinski definition) is 2. The fourth-order valence-corrected chi connectivity index (χ4v) is 2.47. The number of para-hydroxylation sites is 1. The van der Waals surface area contributed by atoms with Crippen molar-refractivity contribution >= 4 is 23.6 Å². The minimum Gasteiger partial charge on any atom is -0.378 e. The van der Waals surface area contributed by atoms with Gasteiger partial charge in [-0.2, -0.15) is 5.10 Å². The second kappa shape index (κ2) is 8.68. The van der Waals surface area contributed by atoms with Gasteiger partial charge in [0, 0.05) is 43.2 Å². The minimum absolute atomic E-state index is 0.387. The Kier molecular flexibility index (Phi) is 5.86. The van der Waals surface area contributed by atoms with Gasteiger partial charge in [-0.3, -0.25) is 20.4 Å². The predicted octanol–water partition coefficient (Wildman–Crippen LogP) is 2.41. The number of hydrazine groups is 1.